The zero-order valence-electron chi connectivity index (χ0n) is 24.0. The molecule has 1 aromatic carbocycles. The number of ether oxygens (including phenoxy) is 3. The summed E-state index contributed by atoms with van der Waals surface area (Å²) in [5.41, 5.74) is 1.33. The maximum absolute atomic E-state index is 14.1. The van der Waals surface area contributed by atoms with E-state index in [0.29, 0.717) is 18.5 Å². The Labute approximate surface area is 247 Å². The van der Waals surface area contributed by atoms with Gasteiger partial charge in [-0.15, -0.1) is 0 Å². The van der Waals surface area contributed by atoms with E-state index in [9.17, 15) is 32.7 Å². The molecule has 5 rings (SSSR count). The standard InChI is InChI=1S/C30H36F3N3O7/c1-41-27(37)22-14-18(31)6-9-21(22)16-3-7-20(8-4-16)35-12-11-19(15-35)34-29(39)36-25(17-5-10-23(32)24(33)13-17)26(28(38)42-2)43-30(36)40/h5-6,9-10,13,16,18-20,25-26,30,40H,3-4,7-8,11-12,14-15H2,1-2H3,(H,34,39)/t16?,18?,19?,20?,25?,26-,30?/m1/s1. The van der Waals surface area contributed by atoms with Gasteiger partial charge in [0.05, 0.1) is 14.2 Å². The minimum Gasteiger partial charge on any atom is -0.467 e. The number of nitrogens with zero attached hydrogens (tertiary/aromatic N) is 2. The Morgan fingerprint density at radius 3 is 2.47 bits per heavy atom. The Kier molecular flexibility index (Phi) is 9.42. The number of esters is 2. The Morgan fingerprint density at radius 1 is 1.05 bits per heavy atom. The van der Waals surface area contributed by atoms with Crippen LogP contribution in [0.3, 0.4) is 0 Å². The number of nitrogens with one attached hydrogen (secondary N) is 1. The van der Waals surface area contributed by atoms with Crippen LogP contribution in [0.15, 0.2) is 41.5 Å². The second kappa shape index (κ2) is 13.1. The first kappa shape index (κ1) is 31.0. The first-order chi connectivity index (χ1) is 20.6. The molecule has 2 heterocycles. The van der Waals surface area contributed by atoms with Crippen LogP contribution in [0.25, 0.3) is 0 Å². The molecule has 43 heavy (non-hydrogen) atoms. The summed E-state index contributed by atoms with van der Waals surface area (Å²) in [5, 5.41) is 13.5. The highest BCUT2D eigenvalue weighted by Crippen LogP contribution is 2.39. The fourth-order valence-corrected chi connectivity index (χ4v) is 6.75. The number of likely N-dealkylation sites (tertiary alicyclic amines) is 1. The molecule has 2 aliphatic heterocycles. The summed E-state index contributed by atoms with van der Waals surface area (Å²) in [6.45, 7) is 1.29. The second-order valence-electron chi connectivity index (χ2n) is 11.4. The van der Waals surface area contributed by atoms with Crippen molar-refractivity contribution in [3.63, 3.8) is 0 Å². The van der Waals surface area contributed by atoms with E-state index in [1.807, 2.05) is 0 Å². The van der Waals surface area contributed by atoms with Crippen LogP contribution in [0.5, 0.6) is 0 Å². The minimum atomic E-state index is -1.82. The highest BCUT2D eigenvalue weighted by Gasteiger charge is 2.50. The van der Waals surface area contributed by atoms with Gasteiger partial charge in [0.2, 0.25) is 6.41 Å². The summed E-state index contributed by atoms with van der Waals surface area (Å²) < 4.78 is 56.6. The smallest absolute Gasteiger partial charge is 0.337 e. The molecule has 234 valence electrons. The molecule has 1 aromatic rings. The van der Waals surface area contributed by atoms with E-state index in [1.54, 1.807) is 6.08 Å². The number of urea groups is 1. The molecule has 13 heteroatoms. The molecular weight excluding hydrogens is 571 g/mol. The SMILES string of the molecule is COC(=O)C1=C(C2CCC(N3CCC(NC(=O)N4C(O)O[C@@H](C(=O)OC)C4c4ccc(F)c(F)c4)C3)CC2)C=CC(F)C1. The summed E-state index contributed by atoms with van der Waals surface area (Å²) >= 11 is 0. The average molecular weight is 608 g/mol. The number of aliphatic hydroxyl groups excluding tert-OH is 1. The van der Waals surface area contributed by atoms with Crippen LogP contribution >= 0.6 is 0 Å². The number of hydrogen-bond donors (Lipinski definition) is 2. The predicted molar refractivity (Wildman–Crippen MR) is 146 cm³/mol. The lowest BCUT2D eigenvalue weighted by atomic mass is 9.77. The van der Waals surface area contributed by atoms with Crippen LogP contribution in [0.4, 0.5) is 18.0 Å². The number of alkyl halides is 1. The van der Waals surface area contributed by atoms with Crippen LogP contribution in [0, 0.1) is 17.6 Å². The number of carbonyl (C=O) groups excluding carboxylic acids is 3. The molecule has 0 aromatic heterocycles. The van der Waals surface area contributed by atoms with Gasteiger partial charge in [-0.25, -0.2) is 27.6 Å². The van der Waals surface area contributed by atoms with Crippen LogP contribution in [-0.4, -0.2) is 91.0 Å². The first-order valence-corrected chi connectivity index (χ1v) is 14.4. The van der Waals surface area contributed by atoms with Gasteiger partial charge in [0, 0.05) is 37.2 Å². The van der Waals surface area contributed by atoms with Gasteiger partial charge in [-0.2, -0.15) is 0 Å². The normalized spacial score (nSPS) is 31.3. The maximum Gasteiger partial charge on any atom is 0.337 e. The largest absolute Gasteiger partial charge is 0.467 e. The molecule has 2 N–H and O–H groups in total. The number of allylic oxidation sites excluding steroid dienone is 3. The van der Waals surface area contributed by atoms with Gasteiger partial charge in [0.25, 0.3) is 0 Å². The molecule has 2 saturated heterocycles. The number of benzene rings is 1. The molecule has 4 aliphatic rings. The molecular formula is C30H36F3N3O7. The van der Waals surface area contributed by atoms with Crippen molar-refractivity contribution in [1.29, 1.82) is 0 Å². The second-order valence-corrected chi connectivity index (χ2v) is 11.4. The monoisotopic (exact) mass is 607 g/mol. The Balaban J connectivity index is 1.21. The van der Waals surface area contributed by atoms with Crippen molar-refractivity contribution in [3.05, 3.63) is 58.7 Å². The minimum absolute atomic E-state index is 0.0278. The molecule has 3 fully saturated rings. The summed E-state index contributed by atoms with van der Waals surface area (Å²) in [5.74, 6) is -3.50. The summed E-state index contributed by atoms with van der Waals surface area (Å²) in [4.78, 5) is 41.3. The lowest BCUT2D eigenvalue weighted by Gasteiger charge is -2.36. The quantitative estimate of drug-likeness (QED) is 0.474. The third-order valence-corrected chi connectivity index (χ3v) is 8.91. The lowest BCUT2D eigenvalue weighted by molar-refractivity contribution is -0.170. The van der Waals surface area contributed by atoms with Crippen molar-refractivity contribution in [1.82, 2.24) is 15.1 Å². The number of aliphatic hydroxyl groups is 1. The van der Waals surface area contributed by atoms with Gasteiger partial charge in [-0.05, 0) is 61.3 Å². The van der Waals surface area contributed by atoms with Crippen molar-refractivity contribution in [2.75, 3.05) is 27.3 Å². The van der Waals surface area contributed by atoms with Crippen molar-refractivity contribution in [3.8, 4) is 0 Å². The third-order valence-electron chi connectivity index (χ3n) is 8.91. The highest BCUT2D eigenvalue weighted by atomic mass is 19.2. The van der Waals surface area contributed by atoms with E-state index < -0.39 is 54.3 Å². The van der Waals surface area contributed by atoms with Gasteiger partial charge in [-0.1, -0.05) is 18.2 Å². The van der Waals surface area contributed by atoms with E-state index in [2.05, 4.69) is 10.2 Å². The fourth-order valence-electron chi connectivity index (χ4n) is 6.75. The number of halogens is 3. The Hall–Kier alpha value is -3.42. The topological polar surface area (TPSA) is 118 Å². The average Bonchev–Trinajstić information content (AvgIpc) is 3.62. The maximum atomic E-state index is 14.1. The summed E-state index contributed by atoms with van der Waals surface area (Å²) in [6, 6.07) is 0.973. The Bertz CT molecular complexity index is 1300. The van der Waals surface area contributed by atoms with E-state index in [1.165, 1.54) is 19.3 Å². The molecule has 4 unspecified atom stereocenters. The molecule has 10 nitrogen and oxygen atoms in total. The van der Waals surface area contributed by atoms with Gasteiger partial charge in [0.15, 0.2) is 17.7 Å². The van der Waals surface area contributed by atoms with Crippen molar-refractivity contribution in [2.24, 2.45) is 5.92 Å². The fraction of sp³-hybridized carbons (Fsp3) is 0.567. The third kappa shape index (κ3) is 6.43. The van der Waals surface area contributed by atoms with Crippen LogP contribution in [-0.2, 0) is 23.8 Å². The molecule has 0 bridgehead atoms. The predicted octanol–water partition coefficient (Wildman–Crippen LogP) is 3.27. The lowest BCUT2D eigenvalue weighted by Crippen LogP contribution is -2.49. The van der Waals surface area contributed by atoms with Gasteiger partial charge >= 0.3 is 18.0 Å². The van der Waals surface area contributed by atoms with E-state index in [-0.39, 0.29) is 30.0 Å². The first-order valence-electron chi connectivity index (χ1n) is 14.4. The number of hydrogen-bond acceptors (Lipinski definition) is 8. The van der Waals surface area contributed by atoms with Crippen LogP contribution in [0.1, 0.15) is 50.1 Å². The van der Waals surface area contributed by atoms with Crippen molar-refractivity contribution < 1.29 is 46.9 Å². The molecule has 2 amide bonds. The van der Waals surface area contributed by atoms with E-state index in [0.717, 1.165) is 61.9 Å². The molecule has 1 saturated carbocycles. The van der Waals surface area contributed by atoms with Gasteiger partial charge in [-0.3, -0.25) is 9.80 Å². The zero-order chi connectivity index (χ0) is 30.8. The van der Waals surface area contributed by atoms with Gasteiger partial charge < -0.3 is 24.6 Å². The number of amides is 2. The molecule has 5 atom stereocenters. The number of methoxy groups -OCH3 is 2. The summed E-state index contributed by atoms with van der Waals surface area (Å²) in [6.07, 6.45) is 2.83. The van der Waals surface area contributed by atoms with E-state index >= 15 is 0 Å². The molecule has 0 radical (unpaired) electrons. The Morgan fingerprint density at radius 2 is 1.79 bits per heavy atom. The van der Waals surface area contributed by atoms with Crippen molar-refractivity contribution >= 4 is 18.0 Å². The number of carbonyl (C=O) groups is 3. The van der Waals surface area contributed by atoms with Crippen LogP contribution in [0.2, 0.25) is 0 Å². The van der Waals surface area contributed by atoms with Crippen molar-refractivity contribution in [2.45, 2.75) is 75.3 Å². The van der Waals surface area contributed by atoms with E-state index in [4.69, 9.17) is 14.2 Å². The number of rotatable bonds is 6. The summed E-state index contributed by atoms with van der Waals surface area (Å²) in [7, 11) is 2.42. The van der Waals surface area contributed by atoms with Gasteiger partial charge in [0.1, 0.15) is 12.2 Å². The molecule has 2 aliphatic carbocycles. The van der Waals surface area contributed by atoms with Crippen LogP contribution < -0.4 is 5.32 Å². The highest BCUT2D eigenvalue weighted by molar-refractivity contribution is 5.90. The zero-order valence-corrected chi connectivity index (χ0v) is 24.0. The molecule has 0 spiro atoms.